The Kier molecular flexibility index (Phi) is 8.16. The van der Waals surface area contributed by atoms with E-state index in [1.165, 1.54) is 11.6 Å². The van der Waals surface area contributed by atoms with Crippen molar-refractivity contribution in [3.63, 3.8) is 0 Å². The first-order chi connectivity index (χ1) is 20.8. The summed E-state index contributed by atoms with van der Waals surface area (Å²) in [6, 6.07) is 22.7. The van der Waals surface area contributed by atoms with Crippen LogP contribution in [0.4, 0.5) is 19.0 Å². The molecule has 0 saturated carbocycles. The average molecular weight is 582 g/mol. The molecule has 2 aromatic heterocycles. The van der Waals surface area contributed by atoms with E-state index in [-0.39, 0.29) is 18.6 Å². The molecule has 0 N–H and O–H groups in total. The molecule has 3 heterocycles. The molecule has 1 fully saturated rings. The predicted molar refractivity (Wildman–Crippen MR) is 161 cm³/mol. The largest absolute Gasteiger partial charge is 0.416 e. The van der Waals surface area contributed by atoms with Gasteiger partial charge in [-0.3, -0.25) is 19.7 Å². The molecule has 1 saturated heterocycles. The van der Waals surface area contributed by atoms with E-state index in [2.05, 4.69) is 25.8 Å². The Balaban J connectivity index is 1.09. The van der Waals surface area contributed by atoms with Crippen LogP contribution in [0.15, 0.2) is 97.5 Å². The van der Waals surface area contributed by atoms with Crippen LogP contribution in [-0.4, -0.2) is 51.8 Å². The SMILES string of the molecule is O=C(Cc1ccc(-c2ccc3ncc(N4CCN(Cc5cccnc5)CC4)nc3c2)cc1)Cc1cccc(C(F)(F)F)c1. The van der Waals surface area contributed by atoms with Crippen LogP contribution in [0.25, 0.3) is 22.2 Å². The number of hydrogen-bond donors (Lipinski definition) is 0. The minimum absolute atomic E-state index is 0.0447. The minimum Gasteiger partial charge on any atom is -0.353 e. The topological polar surface area (TPSA) is 62.2 Å². The second kappa shape index (κ2) is 12.3. The molecule has 5 aromatic rings. The molecule has 0 bridgehead atoms. The lowest BCUT2D eigenvalue weighted by Gasteiger charge is -2.35. The van der Waals surface area contributed by atoms with Gasteiger partial charge in [0.1, 0.15) is 11.6 Å². The number of rotatable bonds is 8. The van der Waals surface area contributed by atoms with Crippen molar-refractivity contribution in [1.29, 1.82) is 0 Å². The summed E-state index contributed by atoms with van der Waals surface area (Å²) in [5, 5.41) is 0. The number of Topliss-reactive ketones (excluding diaryl/α,β-unsaturated/α-hetero) is 1. The van der Waals surface area contributed by atoms with Crippen molar-refractivity contribution < 1.29 is 18.0 Å². The van der Waals surface area contributed by atoms with Crippen molar-refractivity contribution in [2.75, 3.05) is 31.1 Å². The molecule has 0 unspecified atom stereocenters. The summed E-state index contributed by atoms with van der Waals surface area (Å²) in [6.07, 6.45) is 1.22. The van der Waals surface area contributed by atoms with Gasteiger partial charge in [0, 0.05) is 58.0 Å². The number of hydrogen-bond acceptors (Lipinski definition) is 6. The Morgan fingerprint density at radius 1 is 0.744 bits per heavy atom. The number of carbonyl (C=O) groups is 1. The highest BCUT2D eigenvalue weighted by Gasteiger charge is 2.30. The molecule has 0 aliphatic carbocycles. The van der Waals surface area contributed by atoms with Gasteiger partial charge in [0.25, 0.3) is 0 Å². The molecule has 6 rings (SSSR count). The normalized spacial score (nSPS) is 14.3. The summed E-state index contributed by atoms with van der Waals surface area (Å²) in [4.78, 5) is 31.1. The number of pyridine rings is 1. The average Bonchev–Trinajstić information content (AvgIpc) is 3.01. The fraction of sp³-hybridized carbons (Fsp3) is 0.235. The molecule has 43 heavy (non-hydrogen) atoms. The number of anilines is 1. The van der Waals surface area contributed by atoms with Crippen LogP contribution in [0.2, 0.25) is 0 Å². The number of ketones is 1. The van der Waals surface area contributed by atoms with Crippen molar-refractivity contribution >= 4 is 22.6 Å². The van der Waals surface area contributed by atoms with Gasteiger partial charge >= 0.3 is 6.18 Å². The maximum atomic E-state index is 13.0. The maximum Gasteiger partial charge on any atom is 0.416 e. The minimum atomic E-state index is -4.43. The summed E-state index contributed by atoms with van der Waals surface area (Å²) in [6.45, 7) is 4.49. The predicted octanol–water partition coefficient (Wildman–Crippen LogP) is 6.39. The maximum absolute atomic E-state index is 13.0. The zero-order valence-electron chi connectivity index (χ0n) is 23.5. The summed E-state index contributed by atoms with van der Waals surface area (Å²) in [5.74, 6) is 0.721. The van der Waals surface area contributed by atoms with Gasteiger partial charge < -0.3 is 4.90 Å². The third-order valence-corrected chi connectivity index (χ3v) is 7.70. The van der Waals surface area contributed by atoms with Crippen LogP contribution >= 0.6 is 0 Å². The number of alkyl halides is 3. The van der Waals surface area contributed by atoms with Crippen LogP contribution in [0, 0.1) is 0 Å². The zero-order valence-corrected chi connectivity index (χ0v) is 23.5. The Hall–Kier alpha value is -4.63. The molecule has 3 aromatic carbocycles. The van der Waals surface area contributed by atoms with E-state index >= 15 is 0 Å². The van der Waals surface area contributed by atoms with Gasteiger partial charge in [-0.15, -0.1) is 0 Å². The van der Waals surface area contributed by atoms with E-state index in [1.807, 2.05) is 60.9 Å². The molecule has 1 aliphatic heterocycles. The van der Waals surface area contributed by atoms with Gasteiger partial charge in [-0.05, 0) is 52.1 Å². The molecule has 1 aliphatic rings. The molecule has 218 valence electrons. The molecule has 9 heteroatoms. The van der Waals surface area contributed by atoms with E-state index in [0.29, 0.717) is 5.56 Å². The summed E-state index contributed by atoms with van der Waals surface area (Å²) < 4.78 is 39.0. The number of fused-ring (bicyclic) bond motifs is 1. The van der Waals surface area contributed by atoms with Gasteiger partial charge in [-0.1, -0.05) is 54.6 Å². The summed E-state index contributed by atoms with van der Waals surface area (Å²) >= 11 is 0. The monoisotopic (exact) mass is 581 g/mol. The Labute approximate surface area is 247 Å². The summed E-state index contributed by atoms with van der Waals surface area (Å²) in [5.41, 5.74) is 5.24. The van der Waals surface area contributed by atoms with Gasteiger partial charge in [0.15, 0.2) is 0 Å². The van der Waals surface area contributed by atoms with Crippen LogP contribution in [0.3, 0.4) is 0 Å². The van der Waals surface area contributed by atoms with Crippen molar-refractivity contribution in [3.05, 3.63) is 120 Å². The Bertz CT molecular complexity index is 1720. The Morgan fingerprint density at radius 2 is 1.49 bits per heavy atom. The number of benzene rings is 3. The van der Waals surface area contributed by atoms with Crippen molar-refractivity contribution in [2.24, 2.45) is 0 Å². The van der Waals surface area contributed by atoms with Gasteiger partial charge in [-0.2, -0.15) is 13.2 Å². The van der Waals surface area contributed by atoms with E-state index in [1.54, 1.807) is 12.3 Å². The number of aromatic nitrogens is 3. The van der Waals surface area contributed by atoms with E-state index < -0.39 is 11.7 Å². The molecule has 6 nitrogen and oxygen atoms in total. The number of halogens is 3. The van der Waals surface area contributed by atoms with E-state index in [0.717, 1.165) is 78.4 Å². The first-order valence-electron chi connectivity index (χ1n) is 14.2. The highest BCUT2D eigenvalue weighted by atomic mass is 19.4. The molecule has 0 amide bonds. The van der Waals surface area contributed by atoms with E-state index in [9.17, 15) is 18.0 Å². The van der Waals surface area contributed by atoms with Crippen LogP contribution in [0.5, 0.6) is 0 Å². The fourth-order valence-corrected chi connectivity index (χ4v) is 5.41. The fourth-order valence-electron chi connectivity index (χ4n) is 5.41. The van der Waals surface area contributed by atoms with E-state index in [4.69, 9.17) is 4.98 Å². The lowest BCUT2D eigenvalue weighted by molar-refractivity contribution is -0.137. The number of nitrogens with zero attached hydrogens (tertiary/aromatic N) is 5. The summed E-state index contributed by atoms with van der Waals surface area (Å²) in [7, 11) is 0. The molecular weight excluding hydrogens is 551 g/mol. The third-order valence-electron chi connectivity index (χ3n) is 7.70. The van der Waals surface area contributed by atoms with Crippen molar-refractivity contribution in [3.8, 4) is 11.1 Å². The smallest absolute Gasteiger partial charge is 0.353 e. The van der Waals surface area contributed by atoms with Crippen LogP contribution in [0.1, 0.15) is 22.3 Å². The first-order valence-corrected chi connectivity index (χ1v) is 14.2. The zero-order chi connectivity index (χ0) is 29.8. The molecule has 0 radical (unpaired) electrons. The highest BCUT2D eigenvalue weighted by Crippen LogP contribution is 2.30. The quantitative estimate of drug-likeness (QED) is 0.212. The number of carbonyl (C=O) groups excluding carboxylic acids is 1. The molecule has 0 spiro atoms. The van der Waals surface area contributed by atoms with Crippen molar-refractivity contribution in [1.82, 2.24) is 19.9 Å². The third kappa shape index (κ3) is 7.06. The van der Waals surface area contributed by atoms with Crippen molar-refractivity contribution in [2.45, 2.75) is 25.6 Å². The van der Waals surface area contributed by atoms with Crippen LogP contribution in [-0.2, 0) is 30.4 Å². The van der Waals surface area contributed by atoms with Gasteiger partial charge in [0.2, 0.25) is 0 Å². The van der Waals surface area contributed by atoms with Crippen LogP contribution < -0.4 is 4.90 Å². The second-order valence-electron chi connectivity index (χ2n) is 10.8. The number of piperazine rings is 1. The Morgan fingerprint density at radius 3 is 2.23 bits per heavy atom. The first kappa shape index (κ1) is 28.5. The lowest BCUT2D eigenvalue weighted by atomic mass is 9.98. The van der Waals surface area contributed by atoms with Gasteiger partial charge in [-0.25, -0.2) is 4.98 Å². The molecule has 0 atom stereocenters. The lowest BCUT2D eigenvalue weighted by Crippen LogP contribution is -2.46. The van der Waals surface area contributed by atoms with Gasteiger partial charge in [0.05, 0.1) is 22.8 Å². The second-order valence-corrected chi connectivity index (χ2v) is 10.8. The standard InChI is InChI=1S/C34H30F3N5O/c35-34(36,37)29-5-1-3-25(17-29)19-30(43)18-24-6-8-27(9-7-24)28-10-11-31-32(20-28)40-33(22-39-31)42-15-13-41(14-16-42)23-26-4-2-12-38-21-26/h1-12,17,20-22H,13-16,18-19,23H2. The molecular formula is C34H30F3N5O. The highest BCUT2D eigenvalue weighted by molar-refractivity contribution is 5.84.